The third-order valence-corrected chi connectivity index (χ3v) is 5.80. The van der Waals surface area contributed by atoms with Crippen LogP contribution in [0.5, 0.6) is 0 Å². The monoisotopic (exact) mass is 412 g/mol. The number of rotatable bonds is 5. The van der Waals surface area contributed by atoms with Crippen molar-refractivity contribution in [3.63, 3.8) is 0 Å². The van der Waals surface area contributed by atoms with E-state index < -0.39 is 0 Å². The van der Waals surface area contributed by atoms with Crippen LogP contribution < -0.4 is 15.2 Å². The normalized spacial score (nSPS) is 12.8. The molecule has 4 rings (SSSR count). The Balaban J connectivity index is 1.41. The first-order valence-electron chi connectivity index (χ1n) is 10.5. The van der Waals surface area contributed by atoms with E-state index in [1.165, 1.54) is 22.3 Å². The van der Waals surface area contributed by atoms with Gasteiger partial charge in [-0.2, -0.15) is 5.10 Å². The van der Waals surface area contributed by atoms with E-state index in [2.05, 4.69) is 47.5 Å². The molecule has 0 fully saturated rings. The minimum absolute atomic E-state index is 0.216. The maximum atomic E-state index is 12.6. The van der Waals surface area contributed by atoms with Crippen LogP contribution in [0, 0.1) is 13.8 Å². The average Bonchev–Trinajstić information content (AvgIpc) is 3.17. The summed E-state index contributed by atoms with van der Waals surface area (Å²) in [6.07, 6.45) is 1.66. The number of carbonyl (C=O) groups excluding carboxylic acids is 1. The van der Waals surface area contributed by atoms with Crippen molar-refractivity contribution in [2.24, 2.45) is 5.10 Å². The lowest BCUT2D eigenvalue weighted by molar-refractivity contribution is 0.0955. The van der Waals surface area contributed by atoms with Crippen LogP contribution in [0.1, 0.15) is 38.2 Å². The molecular weight excluding hydrogens is 384 g/mol. The number of hydrogen-bond acceptors (Lipinski definition) is 4. The molecule has 5 heteroatoms. The molecule has 0 unspecified atom stereocenters. The number of anilines is 2. The second kappa shape index (κ2) is 8.64. The summed E-state index contributed by atoms with van der Waals surface area (Å²) in [4.78, 5) is 16.9. The number of benzene rings is 3. The van der Waals surface area contributed by atoms with Crippen LogP contribution in [0.3, 0.4) is 0 Å². The quantitative estimate of drug-likeness (QED) is 0.490. The van der Waals surface area contributed by atoms with Crippen molar-refractivity contribution in [1.82, 2.24) is 5.43 Å². The Bertz CT molecular complexity index is 1100. The molecule has 0 atom stereocenters. The van der Waals surface area contributed by atoms with Gasteiger partial charge in [-0.1, -0.05) is 30.3 Å². The number of amides is 1. The highest BCUT2D eigenvalue weighted by molar-refractivity contribution is 5.95. The molecule has 1 amide bonds. The lowest BCUT2D eigenvalue weighted by Crippen LogP contribution is -2.19. The van der Waals surface area contributed by atoms with Crippen LogP contribution in [0.15, 0.2) is 65.8 Å². The van der Waals surface area contributed by atoms with Crippen LogP contribution in [0.2, 0.25) is 0 Å². The van der Waals surface area contributed by atoms with Crippen molar-refractivity contribution in [3.8, 4) is 0 Å². The van der Waals surface area contributed by atoms with Crippen LogP contribution in [0.25, 0.3) is 0 Å². The molecule has 0 aromatic heterocycles. The third-order valence-electron chi connectivity index (χ3n) is 5.80. The zero-order chi connectivity index (χ0) is 22.0. The molecule has 3 aromatic carbocycles. The first kappa shape index (κ1) is 20.7. The summed E-state index contributed by atoms with van der Waals surface area (Å²) < 4.78 is 0. The van der Waals surface area contributed by atoms with Gasteiger partial charge in [0.2, 0.25) is 0 Å². The van der Waals surface area contributed by atoms with Crippen LogP contribution in [-0.2, 0) is 13.1 Å². The fourth-order valence-corrected chi connectivity index (χ4v) is 3.81. The first-order valence-corrected chi connectivity index (χ1v) is 10.5. The molecule has 3 aromatic rings. The van der Waals surface area contributed by atoms with Crippen molar-refractivity contribution >= 4 is 23.5 Å². The Morgan fingerprint density at radius 2 is 1.61 bits per heavy atom. The zero-order valence-corrected chi connectivity index (χ0v) is 18.5. The number of fused-ring (bicyclic) bond motifs is 1. The number of aryl methyl sites for hydroxylation is 2. The van der Waals surface area contributed by atoms with Crippen molar-refractivity contribution in [2.45, 2.75) is 26.9 Å². The number of carbonyl (C=O) groups is 1. The maximum absolute atomic E-state index is 12.6. The standard InChI is InChI=1S/C26H28N4O/c1-18-12-22-16-30(17-23(22)13-19(18)2)25-7-5-6-21(14-25)26(31)28-27-15-20-8-10-24(11-9-20)29(3)4/h5-15H,16-17H2,1-4H3,(H,28,31). The molecule has 1 aliphatic heterocycles. The molecule has 0 bridgehead atoms. The molecule has 158 valence electrons. The molecule has 1 heterocycles. The molecule has 0 spiro atoms. The van der Waals surface area contributed by atoms with E-state index in [1.807, 2.05) is 61.5 Å². The van der Waals surface area contributed by atoms with Gasteiger partial charge in [0.05, 0.1) is 6.21 Å². The van der Waals surface area contributed by atoms with Gasteiger partial charge in [-0.05, 0) is 72.0 Å². The highest BCUT2D eigenvalue weighted by atomic mass is 16.2. The Kier molecular flexibility index (Phi) is 5.76. The fraction of sp³-hybridized carbons (Fsp3) is 0.231. The minimum atomic E-state index is -0.216. The van der Waals surface area contributed by atoms with Gasteiger partial charge in [0.15, 0.2) is 0 Å². The predicted molar refractivity (Wildman–Crippen MR) is 128 cm³/mol. The molecular formula is C26H28N4O. The smallest absolute Gasteiger partial charge is 0.271 e. The Morgan fingerprint density at radius 3 is 2.23 bits per heavy atom. The topological polar surface area (TPSA) is 47.9 Å². The van der Waals surface area contributed by atoms with Gasteiger partial charge in [0.1, 0.15) is 0 Å². The number of hydrazone groups is 1. The number of hydrogen-bond donors (Lipinski definition) is 1. The van der Waals surface area contributed by atoms with E-state index in [1.54, 1.807) is 6.21 Å². The summed E-state index contributed by atoms with van der Waals surface area (Å²) in [5.74, 6) is -0.216. The Morgan fingerprint density at radius 1 is 0.968 bits per heavy atom. The average molecular weight is 413 g/mol. The van der Waals surface area contributed by atoms with Gasteiger partial charge in [-0.3, -0.25) is 4.79 Å². The van der Waals surface area contributed by atoms with Crippen molar-refractivity contribution in [3.05, 3.63) is 94.0 Å². The Labute approximate surface area is 184 Å². The lowest BCUT2D eigenvalue weighted by atomic mass is 10.0. The van der Waals surface area contributed by atoms with Crippen molar-refractivity contribution < 1.29 is 4.79 Å². The van der Waals surface area contributed by atoms with E-state index in [0.29, 0.717) is 5.56 Å². The molecule has 0 saturated heterocycles. The highest BCUT2D eigenvalue weighted by Gasteiger charge is 2.20. The lowest BCUT2D eigenvalue weighted by Gasteiger charge is -2.18. The van der Waals surface area contributed by atoms with Gasteiger partial charge in [0, 0.05) is 44.1 Å². The van der Waals surface area contributed by atoms with E-state index in [9.17, 15) is 4.79 Å². The van der Waals surface area contributed by atoms with Gasteiger partial charge >= 0.3 is 0 Å². The van der Waals surface area contributed by atoms with Gasteiger partial charge < -0.3 is 9.80 Å². The summed E-state index contributed by atoms with van der Waals surface area (Å²) in [6.45, 7) is 6.03. The number of nitrogens with zero attached hydrogens (tertiary/aromatic N) is 3. The molecule has 0 aliphatic carbocycles. The molecule has 31 heavy (non-hydrogen) atoms. The van der Waals surface area contributed by atoms with E-state index in [-0.39, 0.29) is 5.91 Å². The number of nitrogens with one attached hydrogen (secondary N) is 1. The van der Waals surface area contributed by atoms with Crippen LogP contribution >= 0.6 is 0 Å². The fourth-order valence-electron chi connectivity index (χ4n) is 3.81. The van der Waals surface area contributed by atoms with Crippen LogP contribution in [0.4, 0.5) is 11.4 Å². The summed E-state index contributed by atoms with van der Waals surface area (Å²) in [7, 11) is 4.00. The van der Waals surface area contributed by atoms with Gasteiger partial charge in [-0.15, -0.1) is 0 Å². The SMILES string of the molecule is Cc1cc2c(cc1C)CN(c1cccc(C(=O)NN=Cc3ccc(N(C)C)cc3)c1)C2. The van der Waals surface area contributed by atoms with Crippen molar-refractivity contribution in [1.29, 1.82) is 0 Å². The van der Waals surface area contributed by atoms with Crippen LogP contribution in [-0.4, -0.2) is 26.2 Å². The summed E-state index contributed by atoms with van der Waals surface area (Å²) in [6, 6.07) is 20.3. The second-order valence-corrected chi connectivity index (χ2v) is 8.30. The van der Waals surface area contributed by atoms with E-state index in [0.717, 1.165) is 30.0 Å². The largest absolute Gasteiger partial charge is 0.378 e. The molecule has 1 N–H and O–H groups in total. The zero-order valence-electron chi connectivity index (χ0n) is 18.5. The minimum Gasteiger partial charge on any atom is -0.378 e. The highest BCUT2D eigenvalue weighted by Crippen LogP contribution is 2.30. The maximum Gasteiger partial charge on any atom is 0.271 e. The van der Waals surface area contributed by atoms with Crippen molar-refractivity contribution in [2.75, 3.05) is 23.9 Å². The Hall–Kier alpha value is -3.60. The molecule has 0 saturated carbocycles. The molecule has 5 nitrogen and oxygen atoms in total. The third kappa shape index (κ3) is 4.61. The molecule has 0 radical (unpaired) electrons. The first-order chi connectivity index (χ1) is 14.9. The molecule has 1 aliphatic rings. The van der Waals surface area contributed by atoms with Gasteiger partial charge in [-0.25, -0.2) is 5.43 Å². The van der Waals surface area contributed by atoms with E-state index in [4.69, 9.17) is 0 Å². The van der Waals surface area contributed by atoms with E-state index >= 15 is 0 Å². The van der Waals surface area contributed by atoms with Gasteiger partial charge in [0.25, 0.3) is 5.91 Å². The summed E-state index contributed by atoms with van der Waals surface area (Å²) in [5.41, 5.74) is 11.7. The summed E-state index contributed by atoms with van der Waals surface area (Å²) >= 11 is 0. The summed E-state index contributed by atoms with van der Waals surface area (Å²) in [5, 5.41) is 4.12. The second-order valence-electron chi connectivity index (χ2n) is 8.30. The predicted octanol–water partition coefficient (Wildman–Crippen LogP) is 4.65.